The number of hydrogen-bond donors (Lipinski definition) is 1. The number of aliphatic hydroxyl groups is 1. The molecule has 2 aliphatic carbocycles. The van der Waals surface area contributed by atoms with Crippen LogP contribution >= 0.6 is 0 Å². The molecule has 154 valence electrons. The Morgan fingerprint density at radius 1 is 1.13 bits per heavy atom. The van der Waals surface area contributed by atoms with E-state index in [0.717, 1.165) is 64.6 Å². The van der Waals surface area contributed by atoms with Crippen molar-refractivity contribution in [2.75, 3.05) is 7.11 Å². The Labute approximate surface area is 176 Å². The van der Waals surface area contributed by atoms with E-state index in [0.29, 0.717) is 5.92 Å². The number of aryl methyl sites for hydroxylation is 1. The van der Waals surface area contributed by atoms with Gasteiger partial charge in [0.05, 0.1) is 41.7 Å². The van der Waals surface area contributed by atoms with Crippen molar-refractivity contribution in [3.63, 3.8) is 0 Å². The lowest BCUT2D eigenvalue weighted by atomic mass is 9.89. The molecule has 0 amide bonds. The lowest BCUT2D eigenvalue weighted by molar-refractivity contribution is 0.176. The summed E-state index contributed by atoms with van der Waals surface area (Å²) in [5.74, 6) is 1.44. The Balaban J connectivity index is 1.55. The molecule has 1 aromatic carbocycles. The first-order valence-corrected chi connectivity index (χ1v) is 10.5. The topological polar surface area (TPSA) is 73.1 Å². The fraction of sp³-hybridized carbons (Fsp3) is 0.375. The molecule has 0 aliphatic heterocycles. The fourth-order valence-corrected chi connectivity index (χ4v) is 4.86. The maximum atomic E-state index is 9.99. The minimum Gasteiger partial charge on any atom is -0.496 e. The number of ether oxygens (including phenoxy) is 1. The highest BCUT2D eigenvalue weighted by atomic mass is 16.5. The molecule has 0 radical (unpaired) electrons. The molecule has 30 heavy (non-hydrogen) atoms. The van der Waals surface area contributed by atoms with Crippen LogP contribution in [0.2, 0.25) is 0 Å². The van der Waals surface area contributed by atoms with Crippen LogP contribution in [-0.4, -0.2) is 38.1 Å². The van der Waals surface area contributed by atoms with Gasteiger partial charge in [0, 0.05) is 29.9 Å². The summed E-state index contributed by atoms with van der Waals surface area (Å²) in [5.41, 5.74) is 6.79. The third-order valence-corrected chi connectivity index (χ3v) is 6.38. The highest BCUT2D eigenvalue weighted by Gasteiger charge is 2.36. The van der Waals surface area contributed by atoms with Crippen molar-refractivity contribution in [1.29, 1.82) is 0 Å². The number of nitrogens with zero attached hydrogens (tertiary/aromatic N) is 4. The highest BCUT2D eigenvalue weighted by Crippen LogP contribution is 2.45. The highest BCUT2D eigenvalue weighted by molar-refractivity contribution is 5.76. The fourth-order valence-electron chi connectivity index (χ4n) is 4.86. The van der Waals surface area contributed by atoms with Crippen LogP contribution in [0.3, 0.4) is 0 Å². The lowest BCUT2D eigenvalue weighted by Gasteiger charge is -2.19. The van der Waals surface area contributed by atoms with Crippen molar-refractivity contribution in [2.45, 2.75) is 45.1 Å². The number of rotatable bonds is 4. The van der Waals surface area contributed by atoms with Gasteiger partial charge in [0.25, 0.3) is 0 Å². The van der Waals surface area contributed by atoms with Crippen molar-refractivity contribution in [3.8, 4) is 22.7 Å². The van der Waals surface area contributed by atoms with Crippen molar-refractivity contribution in [2.24, 2.45) is 5.92 Å². The van der Waals surface area contributed by atoms with E-state index >= 15 is 0 Å². The predicted molar refractivity (Wildman–Crippen MR) is 116 cm³/mol. The Kier molecular flexibility index (Phi) is 4.66. The second-order valence-corrected chi connectivity index (χ2v) is 8.33. The molecule has 2 aromatic heterocycles. The average Bonchev–Trinajstić information content (AvgIpc) is 3.48. The van der Waals surface area contributed by atoms with E-state index in [2.05, 4.69) is 18.1 Å². The number of methoxy groups -OCH3 is 1. The van der Waals surface area contributed by atoms with Gasteiger partial charge in [-0.1, -0.05) is 6.08 Å². The van der Waals surface area contributed by atoms with E-state index < -0.39 is 0 Å². The van der Waals surface area contributed by atoms with Gasteiger partial charge in [-0.05, 0) is 62.8 Å². The van der Waals surface area contributed by atoms with Crippen LogP contribution in [0.5, 0.6) is 5.75 Å². The van der Waals surface area contributed by atoms with E-state index in [1.54, 1.807) is 18.0 Å². The minimum absolute atomic E-state index is 0.182. The Morgan fingerprint density at radius 3 is 2.70 bits per heavy atom. The number of hydrogen-bond acceptors (Lipinski definition) is 5. The molecule has 1 fully saturated rings. The van der Waals surface area contributed by atoms with Gasteiger partial charge in [-0.15, -0.1) is 0 Å². The van der Waals surface area contributed by atoms with Gasteiger partial charge in [-0.3, -0.25) is 4.98 Å². The summed E-state index contributed by atoms with van der Waals surface area (Å²) in [5, 5.41) is 14.3. The minimum atomic E-state index is -0.182. The lowest BCUT2D eigenvalue weighted by Crippen LogP contribution is -2.11. The van der Waals surface area contributed by atoms with Crippen LogP contribution in [0.15, 0.2) is 42.7 Å². The van der Waals surface area contributed by atoms with E-state index in [4.69, 9.17) is 14.7 Å². The van der Waals surface area contributed by atoms with E-state index in [9.17, 15) is 5.11 Å². The van der Waals surface area contributed by atoms with Crippen molar-refractivity contribution in [3.05, 3.63) is 59.8 Å². The van der Waals surface area contributed by atoms with Crippen LogP contribution < -0.4 is 4.74 Å². The molecule has 0 saturated heterocycles. The Hall–Kier alpha value is -2.99. The van der Waals surface area contributed by atoms with Crippen molar-refractivity contribution in [1.82, 2.24) is 19.7 Å². The monoisotopic (exact) mass is 402 g/mol. The summed E-state index contributed by atoms with van der Waals surface area (Å²) >= 11 is 0. The summed E-state index contributed by atoms with van der Waals surface area (Å²) in [7, 11) is 1.68. The molecule has 0 spiro atoms. The summed E-state index contributed by atoms with van der Waals surface area (Å²) < 4.78 is 7.51. The first kappa shape index (κ1) is 19.0. The summed E-state index contributed by atoms with van der Waals surface area (Å²) in [6, 6.07) is 7.91. The number of aliphatic hydroxyl groups excluding tert-OH is 1. The molecule has 2 aliphatic rings. The Morgan fingerprint density at radius 2 is 2.00 bits per heavy atom. The van der Waals surface area contributed by atoms with E-state index in [-0.39, 0.29) is 12.0 Å². The normalized spacial score (nSPS) is 22.8. The molecule has 1 N–H and O–H groups in total. The number of allylic oxidation sites excluding steroid dienone is 2. The molecule has 6 nitrogen and oxygen atoms in total. The molecule has 1 saturated carbocycles. The zero-order valence-electron chi connectivity index (χ0n) is 17.5. The predicted octanol–water partition coefficient (Wildman–Crippen LogP) is 4.31. The maximum absolute atomic E-state index is 9.99. The first-order valence-electron chi connectivity index (χ1n) is 10.5. The largest absolute Gasteiger partial charge is 0.496 e. The standard InChI is InChI=1S/C24H26N4O2/c1-14-11-20(16-5-7-18(29)12-16)24-22(14)27-23(15(2)26-24)19-8-6-17(13-21(19)30-3)28-10-4-9-25-28/h4,6,8-11,13,16,18,20,29H,5,7,12H2,1-3H3/t16-,18+,20?/m1/s1. The molecule has 6 heteroatoms. The smallest absolute Gasteiger partial charge is 0.130 e. The third-order valence-electron chi connectivity index (χ3n) is 6.38. The average molecular weight is 402 g/mol. The second-order valence-electron chi connectivity index (χ2n) is 8.33. The van der Waals surface area contributed by atoms with Gasteiger partial charge in [0.15, 0.2) is 0 Å². The van der Waals surface area contributed by atoms with Crippen molar-refractivity contribution >= 4 is 5.57 Å². The number of aromatic nitrogens is 4. The van der Waals surface area contributed by atoms with Gasteiger partial charge < -0.3 is 9.84 Å². The molecule has 3 atom stereocenters. The van der Waals surface area contributed by atoms with Gasteiger partial charge >= 0.3 is 0 Å². The quantitative estimate of drug-likeness (QED) is 0.704. The van der Waals surface area contributed by atoms with Gasteiger partial charge in [-0.25, -0.2) is 9.67 Å². The van der Waals surface area contributed by atoms with Crippen LogP contribution in [0, 0.1) is 12.8 Å². The van der Waals surface area contributed by atoms with Gasteiger partial charge in [0.1, 0.15) is 5.75 Å². The van der Waals surface area contributed by atoms with E-state index in [1.807, 2.05) is 37.4 Å². The molecule has 0 bridgehead atoms. The van der Waals surface area contributed by atoms with Crippen LogP contribution in [-0.2, 0) is 0 Å². The van der Waals surface area contributed by atoms with Crippen LogP contribution in [0.25, 0.3) is 22.5 Å². The van der Waals surface area contributed by atoms with Gasteiger partial charge in [0.2, 0.25) is 0 Å². The number of fused-ring (bicyclic) bond motifs is 1. The molecular formula is C24H26N4O2. The summed E-state index contributed by atoms with van der Waals surface area (Å²) in [6.07, 6.45) is 8.54. The van der Waals surface area contributed by atoms with Gasteiger partial charge in [-0.2, -0.15) is 5.10 Å². The maximum Gasteiger partial charge on any atom is 0.130 e. The zero-order chi connectivity index (χ0) is 20.8. The summed E-state index contributed by atoms with van der Waals surface area (Å²) in [4.78, 5) is 10.1. The van der Waals surface area contributed by atoms with E-state index in [1.165, 1.54) is 0 Å². The Bertz CT molecular complexity index is 1120. The van der Waals surface area contributed by atoms with Crippen LogP contribution in [0.4, 0.5) is 0 Å². The summed E-state index contributed by atoms with van der Waals surface area (Å²) in [6.45, 7) is 4.12. The molecular weight excluding hydrogens is 376 g/mol. The zero-order valence-corrected chi connectivity index (χ0v) is 17.5. The SMILES string of the molecule is COc1cc(-n2cccn2)ccc1-c1nc2c(nc1C)C([C@@H]1CC[C@H](O)C1)C=C2C. The number of benzene rings is 1. The first-order chi connectivity index (χ1) is 14.5. The molecule has 2 heterocycles. The van der Waals surface area contributed by atoms with Crippen LogP contribution in [0.1, 0.15) is 49.2 Å². The molecule has 1 unspecified atom stereocenters. The third kappa shape index (κ3) is 3.12. The molecule has 3 aromatic rings. The molecule has 5 rings (SSSR count). The second kappa shape index (κ2) is 7.36. The van der Waals surface area contributed by atoms with Crippen molar-refractivity contribution < 1.29 is 9.84 Å².